The molecule has 1 unspecified atom stereocenters. The lowest BCUT2D eigenvalue weighted by atomic mass is 10.3. The van der Waals surface area contributed by atoms with Gasteiger partial charge in [0, 0.05) is 28.8 Å². The highest BCUT2D eigenvalue weighted by atomic mass is 32.2. The molecule has 0 bridgehead atoms. The molecule has 0 aromatic carbocycles. The summed E-state index contributed by atoms with van der Waals surface area (Å²) in [5, 5.41) is 3.61. The second-order valence-corrected chi connectivity index (χ2v) is 7.55. The molecule has 1 fully saturated rings. The average molecular weight is 219 g/mol. The summed E-state index contributed by atoms with van der Waals surface area (Å²) in [6.45, 7) is 8.02. The summed E-state index contributed by atoms with van der Waals surface area (Å²) in [5.41, 5.74) is 0. The van der Waals surface area contributed by atoms with Crippen molar-refractivity contribution < 1.29 is 0 Å². The third kappa shape index (κ3) is 5.87. The van der Waals surface area contributed by atoms with Crippen molar-refractivity contribution in [2.24, 2.45) is 0 Å². The quantitative estimate of drug-likeness (QED) is 0.730. The van der Waals surface area contributed by atoms with Gasteiger partial charge in [0.25, 0.3) is 0 Å². The molecule has 0 amide bonds. The van der Waals surface area contributed by atoms with E-state index in [0.717, 1.165) is 6.04 Å². The first-order chi connectivity index (χ1) is 6.08. The SMILES string of the molecule is CC(C)(C)SCCNC1CCSC1. The van der Waals surface area contributed by atoms with E-state index in [0.29, 0.717) is 4.75 Å². The van der Waals surface area contributed by atoms with Crippen molar-refractivity contribution in [3.05, 3.63) is 0 Å². The fourth-order valence-corrected chi connectivity index (χ4v) is 3.33. The molecule has 1 aliphatic heterocycles. The molecule has 1 aliphatic rings. The standard InChI is InChI=1S/C10H21NS2/c1-10(2,3)13-7-5-11-9-4-6-12-8-9/h9,11H,4-8H2,1-3H3. The van der Waals surface area contributed by atoms with Gasteiger partial charge in [0.05, 0.1) is 0 Å². The number of nitrogens with one attached hydrogen (secondary N) is 1. The first kappa shape index (κ1) is 11.7. The zero-order valence-electron chi connectivity index (χ0n) is 8.93. The summed E-state index contributed by atoms with van der Waals surface area (Å²) in [4.78, 5) is 0. The summed E-state index contributed by atoms with van der Waals surface area (Å²) in [6, 6.07) is 0.797. The molecule has 1 N–H and O–H groups in total. The zero-order valence-corrected chi connectivity index (χ0v) is 10.6. The molecule has 1 nitrogen and oxygen atoms in total. The summed E-state index contributed by atoms with van der Waals surface area (Å²) in [7, 11) is 0. The Morgan fingerprint density at radius 2 is 2.23 bits per heavy atom. The van der Waals surface area contributed by atoms with Crippen LogP contribution in [0.15, 0.2) is 0 Å². The fraction of sp³-hybridized carbons (Fsp3) is 1.00. The first-order valence-electron chi connectivity index (χ1n) is 5.03. The molecule has 13 heavy (non-hydrogen) atoms. The molecule has 0 aliphatic carbocycles. The van der Waals surface area contributed by atoms with E-state index in [1.165, 1.54) is 30.2 Å². The van der Waals surface area contributed by atoms with Crippen molar-refractivity contribution in [2.75, 3.05) is 23.8 Å². The number of hydrogen-bond donors (Lipinski definition) is 1. The zero-order chi connectivity index (χ0) is 9.73. The normalized spacial score (nSPS) is 23.8. The van der Waals surface area contributed by atoms with Gasteiger partial charge in [-0.05, 0) is 12.2 Å². The van der Waals surface area contributed by atoms with Gasteiger partial charge in [-0.3, -0.25) is 0 Å². The molecule has 0 saturated carbocycles. The lowest BCUT2D eigenvalue weighted by Gasteiger charge is -2.18. The maximum atomic E-state index is 3.61. The Morgan fingerprint density at radius 1 is 1.46 bits per heavy atom. The number of thioether (sulfide) groups is 2. The van der Waals surface area contributed by atoms with E-state index in [2.05, 4.69) is 37.8 Å². The van der Waals surface area contributed by atoms with Crippen LogP contribution < -0.4 is 5.32 Å². The van der Waals surface area contributed by atoms with Gasteiger partial charge in [-0.15, -0.1) is 0 Å². The third-order valence-electron chi connectivity index (χ3n) is 2.00. The van der Waals surface area contributed by atoms with E-state index in [1.54, 1.807) is 0 Å². The van der Waals surface area contributed by atoms with Crippen LogP contribution in [-0.2, 0) is 0 Å². The highest BCUT2D eigenvalue weighted by molar-refractivity contribution is 8.00. The smallest absolute Gasteiger partial charge is 0.0166 e. The van der Waals surface area contributed by atoms with Gasteiger partial charge in [-0.2, -0.15) is 23.5 Å². The van der Waals surface area contributed by atoms with E-state index in [1.807, 2.05) is 11.8 Å². The Morgan fingerprint density at radius 3 is 2.77 bits per heavy atom. The minimum absolute atomic E-state index is 0.423. The molecule has 1 rings (SSSR count). The van der Waals surface area contributed by atoms with E-state index < -0.39 is 0 Å². The van der Waals surface area contributed by atoms with Gasteiger partial charge in [0.15, 0.2) is 0 Å². The fourth-order valence-electron chi connectivity index (χ4n) is 1.32. The predicted molar refractivity (Wildman–Crippen MR) is 65.9 cm³/mol. The largest absolute Gasteiger partial charge is 0.312 e. The molecule has 3 heteroatoms. The van der Waals surface area contributed by atoms with Crippen LogP contribution in [0, 0.1) is 0 Å². The maximum absolute atomic E-state index is 3.61. The monoisotopic (exact) mass is 219 g/mol. The van der Waals surface area contributed by atoms with Gasteiger partial charge >= 0.3 is 0 Å². The van der Waals surface area contributed by atoms with Crippen molar-refractivity contribution >= 4 is 23.5 Å². The molecule has 0 radical (unpaired) electrons. The first-order valence-corrected chi connectivity index (χ1v) is 7.17. The van der Waals surface area contributed by atoms with E-state index in [4.69, 9.17) is 0 Å². The van der Waals surface area contributed by atoms with Gasteiger partial charge < -0.3 is 5.32 Å². The molecule has 0 spiro atoms. The highest BCUT2D eigenvalue weighted by Crippen LogP contribution is 2.22. The van der Waals surface area contributed by atoms with Gasteiger partial charge in [-0.1, -0.05) is 20.8 Å². The Bertz CT molecular complexity index is 136. The van der Waals surface area contributed by atoms with E-state index in [-0.39, 0.29) is 0 Å². The predicted octanol–water partition coefficient (Wildman–Crippen LogP) is 2.61. The molecule has 1 saturated heterocycles. The van der Waals surface area contributed by atoms with Gasteiger partial charge in [-0.25, -0.2) is 0 Å². The van der Waals surface area contributed by atoms with Crippen molar-refractivity contribution in [1.82, 2.24) is 5.32 Å². The Hall–Kier alpha value is 0.660. The second kappa shape index (κ2) is 5.52. The van der Waals surface area contributed by atoms with Crippen LogP contribution in [0.3, 0.4) is 0 Å². The molecule has 0 aromatic rings. The van der Waals surface area contributed by atoms with Gasteiger partial charge in [0.2, 0.25) is 0 Å². The van der Waals surface area contributed by atoms with E-state index in [9.17, 15) is 0 Å². The maximum Gasteiger partial charge on any atom is 0.0166 e. The van der Waals surface area contributed by atoms with Crippen molar-refractivity contribution in [1.29, 1.82) is 0 Å². The molecular formula is C10H21NS2. The Balaban J connectivity index is 1.94. The van der Waals surface area contributed by atoms with Crippen LogP contribution in [0.25, 0.3) is 0 Å². The van der Waals surface area contributed by atoms with Crippen LogP contribution in [0.4, 0.5) is 0 Å². The van der Waals surface area contributed by atoms with Crippen LogP contribution in [-0.4, -0.2) is 34.6 Å². The second-order valence-electron chi connectivity index (χ2n) is 4.48. The Kier molecular flexibility index (Phi) is 4.98. The molecular weight excluding hydrogens is 198 g/mol. The summed E-state index contributed by atoms with van der Waals surface area (Å²) < 4.78 is 0.423. The van der Waals surface area contributed by atoms with Crippen LogP contribution in [0.5, 0.6) is 0 Å². The van der Waals surface area contributed by atoms with Crippen LogP contribution >= 0.6 is 23.5 Å². The molecule has 1 atom stereocenters. The summed E-state index contributed by atoms with van der Waals surface area (Å²) in [6.07, 6.45) is 1.37. The minimum Gasteiger partial charge on any atom is -0.312 e. The molecule has 78 valence electrons. The van der Waals surface area contributed by atoms with Crippen molar-refractivity contribution in [3.63, 3.8) is 0 Å². The summed E-state index contributed by atoms with van der Waals surface area (Å²) >= 11 is 4.12. The molecule has 0 aromatic heterocycles. The topological polar surface area (TPSA) is 12.0 Å². The van der Waals surface area contributed by atoms with Crippen molar-refractivity contribution in [3.8, 4) is 0 Å². The van der Waals surface area contributed by atoms with Crippen LogP contribution in [0.2, 0.25) is 0 Å². The summed E-state index contributed by atoms with van der Waals surface area (Å²) in [5.74, 6) is 3.91. The van der Waals surface area contributed by atoms with Crippen LogP contribution in [0.1, 0.15) is 27.2 Å². The third-order valence-corrected chi connectivity index (χ3v) is 4.44. The lowest BCUT2D eigenvalue weighted by Crippen LogP contribution is -2.31. The molecule has 1 heterocycles. The van der Waals surface area contributed by atoms with Crippen molar-refractivity contribution in [2.45, 2.75) is 38.0 Å². The average Bonchev–Trinajstić information content (AvgIpc) is 2.48. The van der Waals surface area contributed by atoms with E-state index >= 15 is 0 Å². The Labute approximate surface area is 90.8 Å². The minimum atomic E-state index is 0.423. The number of rotatable bonds is 4. The lowest BCUT2D eigenvalue weighted by molar-refractivity contribution is 0.580. The highest BCUT2D eigenvalue weighted by Gasteiger charge is 2.15. The number of hydrogen-bond acceptors (Lipinski definition) is 3. The van der Waals surface area contributed by atoms with Gasteiger partial charge in [0.1, 0.15) is 0 Å².